The average Bonchev–Trinajstić information content (AvgIpc) is 3.09. The van der Waals surface area contributed by atoms with Gasteiger partial charge in [-0.2, -0.15) is 17.7 Å². The molecule has 12 heteroatoms. The predicted molar refractivity (Wildman–Crippen MR) is 109 cm³/mol. The zero-order chi connectivity index (χ0) is 22.2. The van der Waals surface area contributed by atoms with Gasteiger partial charge in [0.25, 0.3) is 0 Å². The number of benzene rings is 1. The quantitative estimate of drug-likeness (QED) is 0.654. The summed E-state index contributed by atoms with van der Waals surface area (Å²) in [6.07, 6.45) is -4.59. The molecular formula is C19H19ClF3N7O. The molecule has 0 bridgehead atoms. The molecule has 1 fully saturated rings. The van der Waals surface area contributed by atoms with Crippen molar-refractivity contribution in [1.82, 2.24) is 24.7 Å². The molecule has 1 N–H and O–H groups in total. The Morgan fingerprint density at radius 3 is 2.58 bits per heavy atom. The molecule has 8 nitrogen and oxygen atoms in total. The Balaban J connectivity index is 1.33. The number of halogens is 4. The summed E-state index contributed by atoms with van der Waals surface area (Å²) in [5.74, 6) is 1.10. The highest BCUT2D eigenvalue weighted by atomic mass is 35.5. The summed E-state index contributed by atoms with van der Waals surface area (Å²) in [4.78, 5) is 16.4. The minimum atomic E-state index is -4.59. The van der Waals surface area contributed by atoms with E-state index in [1.54, 1.807) is 4.52 Å². The van der Waals surface area contributed by atoms with Crippen molar-refractivity contribution in [3.8, 4) is 0 Å². The van der Waals surface area contributed by atoms with Crippen molar-refractivity contribution >= 4 is 34.7 Å². The van der Waals surface area contributed by atoms with E-state index in [1.165, 1.54) is 6.07 Å². The number of aryl methyl sites for hydroxylation is 1. The second-order valence-electron chi connectivity index (χ2n) is 7.21. The Kier molecular flexibility index (Phi) is 5.71. The summed E-state index contributed by atoms with van der Waals surface area (Å²) >= 11 is 5.61. The monoisotopic (exact) mass is 453 g/mol. The maximum absolute atomic E-state index is 13.0. The molecule has 4 rings (SSSR count). The fourth-order valence-electron chi connectivity index (χ4n) is 3.41. The Morgan fingerprint density at radius 1 is 1.13 bits per heavy atom. The smallest absolute Gasteiger partial charge is 0.353 e. The molecule has 1 aliphatic heterocycles. The maximum atomic E-state index is 13.0. The fourth-order valence-corrected chi connectivity index (χ4v) is 3.64. The van der Waals surface area contributed by atoms with E-state index in [-0.39, 0.29) is 18.1 Å². The van der Waals surface area contributed by atoms with Crippen molar-refractivity contribution in [1.29, 1.82) is 0 Å². The zero-order valence-electron chi connectivity index (χ0n) is 16.5. The Morgan fingerprint density at radius 2 is 1.87 bits per heavy atom. The van der Waals surface area contributed by atoms with Crippen molar-refractivity contribution in [2.75, 3.05) is 42.9 Å². The number of hydrogen-bond donors (Lipinski definition) is 1. The first-order valence-corrected chi connectivity index (χ1v) is 9.91. The van der Waals surface area contributed by atoms with Crippen LogP contribution in [0.15, 0.2) is 30.3 Å². The van der Waals surface area contributed by atoms with E-state index >= 15 is 0 Å². The second kappa shape index (κ2) is 8.31. The normalized spacial score (nSPS) is 15.5. The Bertz CT molecular complexity index is 1110. The molecule has 164 valence electrons. The van der Waals surface area contributed by atoms with Crippen LogP contribution >= 0.6 is 11.6 Å². The molecular weight excluding hydrogens is 435 g/mol. The van der Waals surface area contributed by atoms with E-state index in [9.17, 15) is 18.0 Å². The Labute approximate surface area is 180 Å². The summed E-state index contributed by atoms with van der Waals surface area (Å²) < 4.78 is 40.6. The number of alkyl halides is 3. The maximum Gasteiger partial charge on any atom is 0.417 e. The van der Waals surface area contributed by atoms with Gasteiger partial charge in [-0.05, 0) is 37.3 Å². The van der Waals surface area contributed by atoms with Crippen molar-refractivity contribution in [3.63, 3.8) is 0 Å². The van der Waals surface area contributed by atoms with Gasteiger partial charge in [-0.1, -0.05) is 11.6 Å². The molecule has 2 aromatic heterocycles. The van der Waals surface area contributed by atoms with E-state index in [4.69, 9.17) is 11.6 Å². The van der Waals surface area contributed by atoms with E-state index in [0.29, 0.717) is 37.7 Å². The highest BCUT2D eigenvalue weighted by Gasteiger charge is 2.33. The van der Waals surface area contributed by atoms with Crippen LogP contribution in [-0.4, -0.2) is 63.3 Å². The van der Waals surface area contributed by atoms with Crippen LogP contribution in [0.2, 0.25) is 5.02 Å². The second-order valence-corrected chi connectivity index (χ2v) is 7.62. The van der Waals surface area contributed by atoms with Gasteiger partial charge in [-0.25, -0.2) is 0 Å². The first kappa shape index (κ1) is 21.3. The zero-order valence-corrected chi connectivity index (χ0v) is 17.3. The lowest BCUT2D eigenvalue weighted by Crippen LogP contribution is -2.49. The number of fused-ring (bicyclic) bond motifs is 1. The van der Waals surface area contributed by atoms with Crippen LogP contribution < -0.4 is 10.2 Å². The van der Waals surface area contributed by atoms with Gasteiger partial charge in [0.05, 0.1) is 17.1 Å². The number of carbonyl (C=O) groups excluding carboxylic acids is 1. The van der Waals surface area contributed by atoms with Gasteiger partial charge in [0.1, 0.15) is 5.82 Å². The number of amides is 1. The minimum absolute atomic E-state index is 0.0576. The lowest BCUT2D eigenvalue weighted by molar-refractivity contribution is -0.137. The van der Waals surface area contributed by atoms with Gasteiger partial charge < -0.3 is 10.2 Å². The number of rotatable bonds is 4. The van der Waals surface area contributed by atoms with Crippen LogP contribution in [0.25, 0.3) is 5.65 Å². The topological polar surface area (TPSA) is 78.7 Å². The lowest BCUT2D eigenvalue weighted by Gasteiger charge is -2.34. The van der Waals surface area contributed by atoms with Crippen LogP contribution in [0.5, 0.6) is 0 Å². The van der Waals surface area contributed by atoms with Gasteiger partial charge in [0.2, 0.25) is 5.91 Å². The highest BCUT2D eigenvalue weighted by molar-refractivity contribution is 6.31. The van der Waals surface area contributed by atoms with Crippen LogP contribution in [-0.2, 0) is 11.0 Å². The van der Waals surface area contributed by atoms with E-state index in [1.807, 2.05) is 24.0 Å². The van der Waals surface area contributed by atoms with Crippen molar-refractivity contribution in [2.24, 2.45) is 0 Å². The molecule has 0 spiro atoms. The molecule has 1 saturated heterocycles. The Hall–Kier alpha value is -2.92. The van der Waals surface area contributed by atoms with E-state index < -0.39 is 16.8 Å². The number of anilines is 2. The summed E-state index contributed by atoms with van der Waals surface area (Å²) in [6.45, 7) is 4.45. The molecule has 0 saturated carbocycles. The van der Waals surface area contributed by atoms with Crippen LogP contribution in [0.3, 0.4) is 0 Å². The summed E-state index contributed by atoms with van der Waals surface area (Å²) in [5.41, 5.74) is -0.247. The SMILES string of the molecule is Cc1nnc2ccc(N3CCN(CC(=O)Nc4ccc(Cl)c(C(F)(F)F)c4)CC3)nn12. The van der Waals surface area contributed by atoms with Crippen LogP contribution in [0.4, 0.5) is 24.7 Å². The lowest BCUT2D eigenvalue weighted by atomic mass is 10.2. The molecule has 0 aliphatic carbocycles. The molecule has 3 aromatic rings. The first-order chi connectivity index (χ1) is 14.7. The first-order valence-electron chi connectivity index (χ1n) is 9.54. The standard InChI is InChI=1S/C19H19ClF3N7O/c1-12-25-26-16-4-5-17(27-30(12)16)29-8-6-28(7-9-29)11-18(31)24-13-2-3-15(20)14(10-13)19(21,22)23/h2-5,10H,6-9,11H2,1H3,(H,24,31). The molecule has 0 atom stereocenters. The largest absolute Gasteiger partial charge is 0.417 e. The molecule has 1 aliphatic rings. The van der Waals surface area contributed by atoms with Crippen LogP contribution in [0.1, 0.15) is 11.4 Å². The van der Waals surface area contributed by atoms with E-state index in [0.717, 1.165) is 18.0 Å². The number of carbonyl (C=O) groups is 1. The summed E-state index contributed by atoms with van der Waals surface area (Å²) in [7, 11) is 0. The average molecular weight is 454 g/mol. The molecule has 0 unspecified atom stereocenters. The molecule has 0 radical (unpaired) electrons. The number of nitrogens with zero attached hydrogens (tertiary/aromatic N) is 6. The number of hydrogen-bond acceptors (Lipinski definition) is 6. The minimum Gasteiger partial charge on any atom is -0.353 e. The molecule has 1 amide bonds. The third-order valence-corrected chi connectivity index (χ3v) is 5.35. The van der Waals surface area contributed by atoms with Gasteiger partial charge in [0.15, 0.2) is 11.5 Å². The van der Waals surface area contributed by atoms with Crippen LogP contribution in [0, 0.1) is 6.92 Å². The number of aromatic nitrogens is 4. The van der Waals surface area contributed by atoms with Crippen molar-refractivity contribution in [3.05, 3.63) is 46.7 Å². The molecule has 31 heavy (non-hydrogen) atoms. The van der Waals surface area contributed by atoms with Gasteiger partial charge in [-0.15, -0.1) is 15.3 Å². The number of nitrogens with one attached hydrogen (secondary N) is 1. The summed E-state index contributed by atoms with van der Waals surface area (Å²) in [6, 6.07) is 7.04. The third kappa shape index (κ3) is 4.72. The highest BCUT2D eigenvalue weighted by Crippen LogP contribution is 2.36. The van der Waals surface area contributed by atoms with Crippen molar-refractivity contribution in [2.45, 2.75) is 13.1 Å². The third-order valence-electron chi connectivity index (χ3n) is 5.02. The predicted octanol–water partition coefficient (Wildman–Crippen LogP) is 2.87. The fraction of sp³-hybridized carbons (Fsp3) is 0.368. The van der Waals surface area contributed by atoms with Gasteiger partial charge in [-0.3, -0.25) is 9.69 Å². The molecule has 1 aromatic carbocycles. The number of piperazine rings is 1. The van der Waals surface area contributed by atoms with Gasteiger partial charge in [0, 0.05) is 31.9 Å². The van der Waals surface area contributed by atoms with Crippen molar-refractivity contribution < 1.29 is 18.0 Å². The summed E-state index contributed by atoms with van der Waals surface area (Å²) in [5, 5.41) is 14.7. The van der Waals surface area contributed by atoms with Gasteiger partial charge >= 0.3 is 6.18 Å². The molecule has 3 heterocycles. The van der Waals surface area contributed by atoms with E-state index in [2.05, 4.69) is 25.5 Å².